The Bertz CT molecular complexity index is 1170. The summed E-state index contributed by atoms with van der Waals surface area (Å²) in [6, 6.07) is 11.8. The molecular weight excluding hydrogens is 404 g/mol. The van der Waals surface area contributed by atoms with Crippen molar-refractivity contribution in [3.05, 3.63) is 70.5 Å². The normalized spacial score (nSPS) is 13.2. The average Bonchev–Trinajstić information content (AvgIpc) is 3.30. The summed E-state index contributed by atoms with van der Waals surface area (Å²) in [6.07, 6.45) is 2.52. The third kappa shape index (κ3) is 4.42. The highest BCUT2D eigenvalue weighted by Gasteiger charge is 2.35. The second-order valence-electron chi connectivity index (χ2n) is 8.62. The number of ketones is 1. The number of anilines is 1. The molecule has 0 unspecified atom stereocenters. The molecule has 1 aromatic heterocycles. The Morgan fingerprint density at radius 1 is 1.00 bits per heavy atom. The van der Waals surface area contributed by atoms with Crippen LogP contribution in [-0.2, 0) is 17.9 Å². The molecule has 0 spiro atoms. The van der Waals surface area contributed by atoms with Crippen molar-refractivity contribution in [2.75, 3.05) is 11.4 Å². The first kappa shape index (κ1) is 21.7. The molecule has 3 aromatic rings. The number of fused-ring (bicyclic) bond motifs is 1. The Kier molecular flexibility index (Phi) is 6.08. The topological polar surface area (TPSA) is 77.3 Å². The van der Waals surface area contributed by atoms with Crippen molar-refractivity contribution in [2.45, 2.75) is 53.2 Å². The van der Waals surface area contributed by atoms with Crippen molar-refractivity contribution in [1.29, 1.82) is 0 Å². The van der Waals surface area contributed by atoms with Crippen molar-refractivity contribution in [1.82, 2.24) is 15.0 Å². The summed E-state index contributed by atoms with van der Waals surface area (Å²) < 4.78 is 7.78. The lowest BCUT2D eigenvalue weighted by Gasteiger charge is -2.16. The number of benzene rings is 2. The van der Waals surface area contributed by atoms with Crippen molar-refractivity contribution in [3.63, 3.8) is 0 Å². The average molecular weight is 433 g/mol. The third-order valence-corrected chi connectivity index (χ3v) is 5.65. The molecule has 0 fully saturated rings. The van der Waals surface area contributed by atoms with Gasteiger partial charge in [0.25, 0.3) is 11.7 Å². The van der Waals surface area contributed by atoms with E-state index in [9.17, 15) is 9.59 Å². The van der Waals surface area contributed by atoms with Crippen LogP contribution in [-0.4, -0.2) is 33.2 Å². The second kappa shape index (κ2) is 8.94. The van der Waals surface area contributed by atoms with Gasteiger partial charge in [-0.3, -0.25) is 14.3 Å². The first-order valence-electron chi connectivity index (χ1n) is 10.9. The van der Waals surface area contributed by atoms with Crippen LogP contribution < -0.4 is 9.64 Å². The number of ether oxygens (including phenoxy) is 1. The van der Waals surface area contributed by atoms with Gasteiger partial charge in [-0.05, 0) is 55.5 Å². The standard InChI is InChI=1S/C25H28N4O3/c1-16(2)20-8-6-18(4)13-23(20)32-15-19-14-28(27-26-19)10-5-11-29-22-9-7-17(3)12-21(22)24(30)25(29)31/h6-9,12-14,16H,5,10-11,15H2,1-4H3. The highest BCUT2D eigenvalue weighted by molar-refractivity contribution is 6.52. The summed E-state index contributed by atoms with van der Waals surface area (Å²) in [4.78, 5) is 26.2. The van der Waals surface area contributed by atoms with Crippen LogP contribution in [0.15, 0.2) is 42.6 Å². The van der Waals surface area contributed by atoms with Gasteiger partial charge in [-0.25, -0.2) is 0 Å². The molecule has 7 heteroatoms. The van der Waals surface area contributed by atoms with Gasteiger partial charge in [-0.15, -0.1) is 5.10 Å². The molecule has 0 saturated carbocycles. The van der Waals surface area contributed by atoms with Crippen LogP contribution in [0.25, 0.3) is 0 Å². The van der Waals surface area contributed by atoms with Crippen LogP contribution in [0, 0.1) is 13.8 Å². The van der Waals surface area contributed by atoms with Crippen molar-refractivity contribution in [2.24, 2.45) is 0 Å². The molecule has 1 aliphatic heterocycles. The molecule has 0 radical (unpaired) electrons. The Labute approximate surface area is 188 Å². The number of amides is 1. The van der Waals surface area contributed by atoms with Gasteiger partial charge in [-0.1, -0.05) is 42.8 Å². The molecule has 0 aliphatic carbocycles. The number of carbonyl (C=O) groups excluding carboxylic acids is 2. The van der Waals surface area contributed by atoms with E-state index in [4.69, 9.17) is 4.74 Å². The Morgan fingerprint density at radius 3 is 2.53 bits per heavy atom. The smallest absolute Gasteiger partial charge is 0.299 e. The summed E-state index contributed by atoms with van der Waals surface area (Å²) in [5, 5.41) is 8.38. The molecule has 0 saturated heterocycles. The number of nitrogens with zero attached hydrogens (tertiary/aromatic N) is 4. The minimum absolute atomic E-state index is 0.342. The molecule has 1 amide bonds. The fraction of sp³-hybridized carbons (Fsp3) is 0.360. The van der Waals surface area contributed by atoms with Crippen LogP contribution in [0.2, 0.25) is 0 Å². The van der Waals surface area contributed by atoms with Gasteiger partial charge in [0.05, 0.1) is 17.4 Å². The van der Waals surface area contributed by atoms with Crippen molar-refractivity contribution in [3.8, 4) is 5.75 Å². The zero-order chi connectivity index (χ0) is 22.8. The number of rotatable bonds is 8. The van der Waals surface area contributed by atoms with E-state index in [-0.39, 0.29) is 0 Å². The zero-order valence-electron chi connectivity index (χ0n) is 19.0. The Morgan fingerprint density at radius 2 is 1.75 bits per heavy atom. The van der Waals surface area contributed by atoms with Crippen molar-refractivity contribution >= 4 is 17.4 Å². The number of carbonyl (C=O) groups is 2. The van der Waals surface area contributed by atoms with Crippen LogP contribution >= 0.6 is 0 Å². The molecule has 32 heavy (non-hydrogen) atoms. The molecule has 1 aliphatic rings. The molecule has 2 aromatic carbocycles. The Hall–Kier alpha value is -3.48. The first-order chi connectivity index (χ1) is 15.3. The zero-order valence-corrected chi connectivity index (χ0v) is 19.0. The predicted molar refractivity (Wildman–Crippen MR) is 122 cm³/mol. The number of hydrogen-bond acceptors (Lipinski definition) is 5. The predicted octanol–water partition coefficient (Wildman–Crippen LogP) is 4.22. The monoisotopic (exact) mass is 432 g/mol. The maximum Gasteiger partial charge on any atom is 0.299 e. The minimum atomic E-state index is -0.461. The maximum atomic E-state index is 12.4. The summed E-state index contributed by atoms with van der Waals surface area (Å²) >= 11 is 0. The summed E-state index contributed by atoms with van der Waals surface area (Å²) in [7, 11) is 0. The number of Topliss-reactive ketones (excluding diaryl/α,β-unsaturated/α-hetero) is 1. The highest BCUT2D eigenvalue weighted by Crippen LogP contribution is 2.30. The first-order valence-corrected chi connectivity index (χ1v) is 10.9. The van der Waals surface area contributed by atoms with Gasteiger partial charge < -0.3 is 9.64 Å². The molecule has 0 bridgehead atoms. The van der Waals surface area contributed by atoms with Crippen LogP contribution in [0.4, 0.5) is 5.69 Å². The van der Waals surface area contributed by atoms with Gasteiger partial charge in [0.2, 0.25) is 0 Å². The molecule has 2 heterocycles. The lowest BCUT2D eigenvalue weighted by molar-refractivity contribution is -0.114. The van der Waals surface area contributed by atoms with E-state index in [0.29, 0.717) is 43.3 Å². The van der Waals surface area contributed by atoms with Crippen LogP contribution in [0.5, 0.6) is 5.75 Å². The van der Waals surface area contributed by atoms with Crippen molar-refractivity contribution < 1.29 is 14.3 Å². The fourth-order valence-electron chi connectivity index (χ4n) is 3.94. The van der Waals surface area contributed by atoms with Crippen LogP contribution in [0.1, 0.15) is 58.9 Å². The minimum Gasteiger partial charge on any atom is -0.487 e. The van der Waals surface area contributed by atoms with E-state index in [1.807, 2.05) is 38.2 Å². The van der Waals surface area contributed by atoms with E-state index >= 15 is 0 Å². The third-order valence-electron chi connectivity index (χ3n) is 5.65. The summed E-state index contributed by atoms with van der Waals surface area (Å²) in [5.41, 5.74) is 5.22. The van der Waals surface area contributed by atoms with Gasteiger partial charge in [0.15, 0.2) is 0 Å². The quantitative estimate of drug-likeness (QED) is 0.498. The number of aromatic nitrogens is 3. The van der Waals surface area contributed by atoms with E-state index in [0.717, 1.165) is 22.6 Å². The van der Waals surface area contributed by atoms with Crippen LogP contribution in [0.3, 0.4) is 0 Å². The number of aryl methyl sites for hydroxylation is 3. The van der Waals surface area contributed by atoms with Gasteiger partial charge in [0.1, 0.15) is 18.1 Å². The lowest BCUT2D eigenvalue weighted by Crippen LogP contribution is -2.31. The second-order valence-corrected chi connectivity index (χ2v) is 8.62. The fourth-order valence-corrected chi connectivity index (χ4v) is 3.94. The van der Waals surface area contributed by atoms with Gasteiger partial charge in [0, 0.05) is 13.1 Å². The molecular formula is C25H28N4O3. The molecule has 4 rings (SSSR count). The van der Waals surface area contributed by atoms with E-state index in [2.05, 4.69) is 36.3 Å². The molecule has 166 valence electrons. The molecule has 7 nitrogen and oxygen atoms in total. The van der Waals surface area contributed by atoms with Gasteiger partial charge >= 0.3 is 0 Å². The SMILES string of the molecule is Cc1ccc(C(C)C)c(OCc2cn(CCCN3C(=O)C(=O)c4cc(C)ccc43)nn2)c1. The van der Waals surface area contributed by atoms with Gasteiger partial charge in [-0.2, -0.15) is 0 Å². The largest absolute Gasteiger partial charge is 0.487 e. The van der Waals surface area contributed by atoms with E-state index in [1.165, 1.54) is 5.56 Å². The van der Waals surface area contributed by atoms with E-state index in [1.54, 1.807) is 15.6 Å². The summed E-state index contributed by atoms with van der Waals surface area (Å²) in [6.45, 7) is 9.63. The lowest BCUT2D eigenvalue weighted by atomic mass is 10.0. The molecule has 0 N–H and O–H groups in total. The number of hydrogen-bond donors (Lipinski definition) is 0. The van der Waals surface area contributed by atoms with E-state index < -0.39 is 11.7 Å². The molecule has 0 atom stereocenters. The summed E-state index contributed by atoms with van der Waals surface area (Å²) in [5.74, 6) is 0.356. The maximum absolute atomic E-state index is 12.4. The Balaban J connectivity index is 1.34. The highest BCUT2D eigenvalue weighted by atomic mass is 16.5.